The maximum absolute atomic E-state index is 12.1. The third kappa shape index (κ3) is 6.60. The van der Waals surface area contributed by atoms with Crippen LogP contribution in [-0.2, 0) is 9.53 Å². The molecule has 1 unspecified atom stereocenters. The highest BCUT2D eigenvalue weighted by atomic mass is 16.6. The molecule has 0 saturated heterocycles. The van der Waals surface area contributed by atoms with Gasteiger partial charge < -0.3 is 10.1 Å². The van der Waals surface area contributed by atoms with Crippen LogP contribution in [0.1, 0.15) is 66.2 Å². The Balaban J connectivity index is 2.31. The van der Waals surface area contributed by atoms with E-state index in [2.05, 4.69) is 5.32 Å². The van der Waals surface area contributed by atoms with E-state index in [4.69, 9.17) is 4.74 Å². The monoisotopic (exact) mass is 269 g/mol. The van der Waals surface area contributed by atoms with Crippen molar-refractivity contribution >= 4 is 11.9 Å². The maximum Gasteiger partial charge on any atom is 0.407 e. The molecule has 1 atom stereocenters. The summed E-state index contributed by atoms with van der Waals surface area (Å²) in [6, 6.07) is -0.163. The normalized spacial score (nSPS) is 18.7. The Hall–Kier alpha value is -1.06. The van der Waals surface area contributed by atoms with Gasteiger partial charge in [-0.1, -0.05) is 19.3 Å². The molecule has 1 amide bonds. The van der Waals surface area contributed by atoms with Crippen LogP contribution in [0.25, 0.3) is 0 Å². The van der Waals surface area contributed by atoms with Crippen LogP contribution in [0, 0.1) is 5.92 Å². The summed E-state index contributed by atoms with van der Waals surface area (Å²) in [5, 5.41) is 2.72. The summed E-state index contributed by atoms with van der Waals surface area (Å²) < 4.78 is 5.17. The van der Waals surface area contributed by atoms with E-state index in [1.54, 1.807) is 0 Å². The van der Waals surface area contributed by atoms with Crippen molar-refractivity contribution in [2.24, 2.45) is 5.92 Å². The molecular weight excluding hydrogens is 242 g/mol. The number of ether oxygens (including phenoxy) is 1. The fraction of sp³-hybridized carbons (Fsp3) is 0.867. The molecule has 0 aromatic heterocycles. The summed E-state index contributed by atoms with van der Waals surface area (Å²) in [5.41, 5.74) is -0.503. The van der Waals surface area contributed by atoms with Crippen molar-refractivity contribution in [3.05, 3.63) is 0 Å². The Labute approximate surface area is 116 Å². The van der Waals surface area contributed by atoms with Crippen molar-refractivity contribution in [1.29, 1.82) is 0 Å². The number of ketones is 1. The van der Waals surface area contributed by atoms with Gasteiger partial charge in [0.2, 0.25) is 0 Å². The number of hydrogen-bond acceptors (Lipinski definition) is 3. The summed E-state index contributed by atoms with van der Waals surface area (Å²) in [4.78, 5) is 23.7. The zero-order chi connectivity index (χ0) is 14.5. The topological polar surface area (TPSA) is 55.4 Å². The van der Waals surface area contributed by atoms with Gasteiger partial charge >= 0.3 is 6.09 Å². The molecule has 0 heterocycles. The molecule has 0 aromatic rings. The first-order chi connectivity index (χ1) is 8.78. The molecule has 1 saturated carbocycles. The summed E-state index contributed by atoms with van der Waals surface area (Å²) >= 11 is 0. The molecule has 0 aromatic carbocycles. The van der Waals surface area contributed by atoms with Gasteiger partial charge in [-0.2, -0.15) is 0 Å². The lowest BCUT2D eigenvalue weighted by atomic mass is 9.84. The molecule has 0 bridgehead atoms. The van der Waals surface area contributed by atoms with Crippen molar-refractivity contribution in [2.45, 2.75) is 77.9 Å². The van der Waals surface area contributed by atoms with E-state index >= 15 is 0 Å². The fourth-order valence-electron chi connectivity index (χ4n) is 2.45. The van der Waals surface area contributed by atoms with Crippen molar-refractivity contribution in [1.82, 2.24) is 5.32 Å². The van der Waals surface area contributed by atoms with Crippen LogP contribution >= 0.6 is 0 Å². The van der Waals surface area contributed by atoms with Crippen LogP contribution in [0.4, 0.5) is 4.79 Å². The highest BCUT2D eigenvalue weighted by Gasteiger charge is 2.24. The van der Waals surface area contributed by atoms with Gasteiger partial charge in [0.25, 0.3) is 0 Å². The van der Waals surface area contributed by atoms with Crippen LogP contribution in [-0.4, -0.2) is 23.5 Å². The van der Waals surface area contributed by atoms with Gasteiger partial charge in [0.05, 0.1) is 0 Å². The van der Waals surface area contributed by atoms with Crippen molar-refractivity contribution in [3.8, 4) is 0 Å². The molecule has 0 aliphatic heterocycles. The number of Topliss-reactive ketones (excluding diaryl/α,β-unsaturated/α-hetero) is 1. The molecule has 0 radical (unpaired) electrons. The number of carbonyl (C=O) groups is 2. The molecule has 1 aliphatic rings. The van der Waals surface area contributed by atoms with Gasteiger partial charge in [0.1, 0.15) is 11.4 Å². The summed E-state index contributed by atoms with van der Waals surface area (Å²) in [5.74, 6) is 0.486. The standard InChI is InChI=1S/C15H27NO3/c1-11(16-14(18)19-15(2,3)4)10-13(17)12-8-6-5-7-9-12/h11-12H,5-10H2,1-4H3,(H,16,18). The van der Waals surface area contributed by atoms with Crippen LogP contribution in [0.3, 0.4) is 0 Å². The third-order valence-electron chi connectivity index (χ3n) is 3.33. The molecule has 1 rings (SSSR count). The Morgan fingerprint density at radius 3 is 2.32 bits per heavy atom. The predicted octanol–water partition coefficient (Wildman–Crippen LogP) is 3.44. The van der Waals surface area contributed by atoms with Crippen LogP contribution in [0.5, 0.6) is 0 Å². The number of rotatable bonds is 4. The van der Waals surface area contributed by atoms with Gasteiger partial charge in [-0.25, -0.2) is 4.79 Å². The fourth-order valence-corrected chi connectivity index (χ4v) is 2.45. The Morgan fingerprint density at radius 2 is 1.79 bits per heavy atom. The van der Waals surface area contributed by atoms with Gasteiger partial charge in [0, 0.05) is 18.4 Å². The average molecular weight is 269 g/mol. The molecule has 4 nitrogen and oxygen atoms in total. The number of hydrogen-bond donors (Lipinski definition) is 1. The van der Waals surface area contributed by atoms with E-state index in [1.165, 1.54) is 6.42 Å². The Kier molecular flexibility index (Phi) is 5.83. The first-order valence-electron chi connectivity index (χ1n) is 7.30. The van der Waals surface area contributed by atoms with Gasteiger partial charge in [-0.05, 0) is 40.5 Å². The lowest BCUT2D eigenvalue weighted by Gasteiger charge is -2.24. The molecule has 0 spiro atoms. The highest BCUT2D eigenvalue weighted by molar-refractivity contribution is 5.82. The molecule has 1 fully saturated rings. The number of alkyl carbamates (subject to hydrolysis) is 1. The van der Waals surface area contributed by atoms with Crippen LogP contribution < -0.4 is 5.32 Å². The minimum atomic E-state index is -0.503. The van der Waals surface area contributed by atoms with E-state index in [0.29, 0.717) is 6.42 Å². The van der Waals surface area contributed by atoms with Crippen molar-refractivity contribution in [3.63, 3.8) is 0 Å². The van der Waals surface area contributed by atoms with E-state index in [0.717, 1.165) is 25.7 Å². The average Bonchev–Trinajstić information content (AvgIpc) is 2.27. The van der Waals surface area contributed by atoms with Gasteiger partial charge in [-0.3, -0.25) is 4.79 Å². The predicted molar refractivity (Wildman–Crippen MR) is 75.0 cm³/mol. The molecular formula is C15H27NO3. The molecule has 4 heteroatoms. The minimum Gasteiger partial charge on any atom is -0.444 e. The van der Waals surface area contributed by atoms with E-state index in [-0.39, 0.29) is 17.7 Å². The highest BCUT2D eigenvalue weighted by Crippen LogP contribution is 2.25. The lowest BCUT2D eigenvalue weighted by molar-refractivity contribution is -0.124. The van der Waals surface area contributed by atoms with Crippen LogP contribution in [0.15, 0.2) is 0 Å². The molecule has 1 aliphatic carbocycles. The minimum absolute atomic E-state index is 0.163. The second kappa shape index (κ2) is 6.92. The summed E-state index contributed by atoms with van der Waals surface area (Å²) in [7, 11) is 0. The smallest absolute Gasteiger partial charge is 0.407 e. The molecule has 19 heavy (non-hydrogen) atoms. The number of amides is 1. The van der Waals surface area contributed by atoms with E-state index < -0.39 is 11.7 Å². The zero-order valence-electron chi connectivity index (χ0n) is 12.6. The van der Waals surface area contributed by atoms with Gasteiger partial charge in [0.15, 0.2) is 0 Å². The van der Waals surface area contributed by atoms with E-state index in [1.807, 2.05) is 27.7 Å². The lowest BCUT2D eigenvalue weighted by Crippen LogP contribution is -2.39. The summed E-state index contributed by atoms with van der Waals surface area (Å²) in [6.07, 6.45) is 5.54. The summed E-state index contributed by atoms with van der Waals surface area (Å²) in [6.45, 7) is 7.32. The maximum atomic E-state index is 12.1. The second-order valence-corrected chi connectivity index (χ2v) is 6.55. The third-order valence-corrected chi connectivity index (χ3v) is 3.33. The molecule has 1 N–H and O–H groups in total. The Morgan fingerprint density at radius 1 is 1.21 bits per heavy atom. The second-order valence-electron chi connectivity index (χ2n) is 6.55. The molecule has 110 valence electrons. The van der Waals surface area contributed by atoms with Crippen LogP contribution in [0.2, 0.25) is 0 Å². The largest absolute Gasteiger partial charge is 0.444 e. The number of carbonyl (C=O) groups excluding carboxylic acids is 2. The van der Waals surface area contributed by atoms with E-state index in [9.17, 15) is 9.59 Å². The quantitative estimate of drug-likeness (QED) is 0.850. The first kappa shape index (κ1) is 16.0. The Bertz CT molecular complexity index is 314. The first-order valence-corrected chi connectivity index (χ1v) is 7.30. The van der Waals surface area contributed by atoms with Crippen molar-refractivity contribution < 1.29 is 14.3 Å². The zero-order valence-corrected chi connectivity index (χ0v) is 12.6. The number of nitrogens with one attached hydrogen (secondary N) is 1. The van der Waals surface area contributed by atoms with Gasteiger partial charge in [-0.15, -0.1) is 0 Å². The SMILES string of the molecule is CC(CC(=O)C1CCCCC1)NC(=O)OC(C)(C)C. The van der Waals surface area contributed by atoms with Crippen molar-refractivity contribution in [2.75, 3.05) is 0 Å².